The maximum absolute atomic E-state index is 13.1. The third-order valence-electron chi connectivity index (χ3n) is 2.84. The molecule has 1 aromatic carbocycles. The molecule has 1 fully saturated rings. The van der Waals surface area contributed by atoms with Gasteiger partial charge < -0.3 is 10.5 Å². The molecule has 2 N–H and O–H groups in total. The van der Waals surface area contributed by atoms with Crippen molar-refractivity contribution in [2.24, 2.45) is 5.73 Å². The molecule has 1 aliphatic heterocycles. The average Bonchev–Trinajstić information content (AvgIpc) is 2.37. The minimum absolute atomic E-state index is 0.0803. The van der Waals surface area contributed by atoms with Crippen molar-refractivity contribution in [3.63, 3.8) is 0 Å². The van der Waals surface area contributed by atoms with Crippen molar-refractivity contribution in [3.8, 4) is 0 Å². The van der Waals surface area contributed by atoms with E-state index in [4.69, 9.17) is 10.5 Å². The van der Waals surface area contributed by atoms with Gasteiger partial charge in [0.1, 0.15) is 11.6 Å². The van der Waals surface area contributed by atoms with Gasteiger partial charge in [0, 0.05) is 25.7 Å². The highest BCUT2D eigenvalue weighted by Crippen LogP contribution is 2.20. The van der Waals surface area contributed by atoms with Gasteiger partial charge in [-0.05, 0) is 12.1 Å². The second-order valence-corrected chi connectivity index (χ2v) is 6.13. The predicted molar refractivity (Wildman–Crippen MR) is 63.9 cm³/mol. The molecule has 8 heteroatoms. The molecule has 0 spiro atoms. The summed E-state index contributed by atoms with van der Waals surface area (Å²) in [5.41, 5.74) is 5.43. The Balaban J connectivity index is 2.31. The SMILES string of the molecule is NCC1CN(S(=O)(=O)c2cc(F)cc(F)c2)CCO1. The van der Waals surface area contributed by atoms with E-state index in [1.807, 2.05) is 0 Å². The Bertz CT molecular complexity index is 545. The van der Waals surface area contributed by atoms with E-state index >= 15 is 0 Å². The van der Waals surface area contributed by atoms with Crippen LogP contribution in [0, 0.1) is 11.6 Å². The summed E-state index contributed by atoms with van der Waals surface area (Å²) in [5.74, 6) is -1.86. The van der Waals surface area contributed by atoms with E-state index in [9.17, 15) is 17.2 Å². The monoisotopic (exact) mass is 292 g/mol. The zero-order valence-corrected chi connectivity index (χ0v) is 10.9. The molecule has 0 amide bonds. The number of hydrogen-bond acceptors (Lipinski definition) is 4. The van der Waals surface area contributed by atoms with Crippen LogP contribution in [0.25, 0.3) is 0 Å². The normalized spacial score (nSPS) is 21.5. The molecule has 2 rings (SSSR count). The second kappa shape index (κ2) is 5.49. The van der Waals surface area contributed by atoms with Crippen LogP contribution in [0.15, 0.2) is 23.1 Å². The molecule has 1 atom stereocenters. The van der Waals surface area contributed by atoms with Crippen LogP contribution in [-0.4, -0.2) is 45.1 Å². The van der Waals surface area contributed by atoms with Gasteiger partial charge in [0.25, 0.3) is 0 Å². The van der Waals surface area contributed by atoms with Crippen LogP contribution in [-0.2, 0) is 14.8 Å². The number of halogens is 2. The predicted octanol–water partition coefficient (Wildman–Crippen LogP) is 0.313. The highest BCUT2D eigenvalue weighted by atomic mass is 32.2. The Morgan fingerprint density at radius 3 is 2.53 bits per heavy atom. The lowest BCUT2D eigenvalue weighted by molar-refractivity contribution is 0.00450. The number of sulfonamides is 1. The van der Waals surface area contributed by atoms with Crippen LogP contribution in [0.2, 0.25) is 0 Å². The van der Waals surface area contributed by atoms with Gasteiger partial charge in [-0.3, -0.25) is 0 Å². The largest absolute Gasteiger partial charge is 0.374 e. The van der Waals surface area contributed by atoms with Crippen molar-refractivity contribution in [2.45, 2.75) is 11.0 Å². The highest BCUT2D eigenvalue weighted by Gasteiger charge is 2.30. The maximum Gasteiger partial charge on any atom is 0.243 e. The molecule has 106 valence electrons. The third kappa shape index (κ3) is 3.08. The van der Waals surface area contributed by atoms with Crippen LogP contribution in [0.1, 0.15) is 0 Å². The van der Waals surface area contributed by atoms with Gasteiger partial charge in [0.2, 0.25) is 10.0 Å². The molecule has 0 radical (unpaired) electrons. The average molecular weight is 292 g/mol. The number of ether oxygens (including phenoxy) is 1. The molecule has 0 aliphatic carbocycles. The fourth-order valence-electron chi connectivity index (χ4n) is 1.88. The number of benzene rings is 1. The van der Waals surface area contributed by atoms with E-state index < -0.39 is 32.7 Å². The molecule has 0 saturated carbocycles. The summed E-state index contributed by atoms with van der Waals surface area (Å²) in [5, 5.41) is 0. The van der Waals surface area contributed by atoms with Gasteiger partial charge >= 0.3 is 0 Å². The number of nitrogens with two attached hydrogens (primary N) is 1. The van der Waals surface area contributed by atoms with Gasteiger partial charge in [-0.1, -0.05) is 0 Å². The second-order valence-electron chi connectivity index (χ2n) is 4.20. The van der Waals surface area contributed by atoms with E-state index in [-0.39, 0.29) is 26.2 Å². The van der Waals surface area contributed by atoms with Gasteiger partial charge in [-0.15, -0.1) is 0 Å². The van der Waals surface area contributed by atoms with Gasteiger partial charge in [0.05, 0.1) is 17.6 Å². The summed E-state index contributed by atoms with van der Waals surface area (Å²) in [4.78, 5) is -0.400. The number of hydrogen-bond donors (Lipinski definition) is 1. The van der Waals surface area contributed by atoms with E-state index in [0.29, 0.717) is 6.07 Å². The summed E-state index contributed by atoms with van der Waals surface area (Å²) in [6.07, 6.45) is -0.401. The summed E-state index contributed by atoms with van der Waals surface area (Å²) >= 11 is 0. The Morgan fingerprint density at radius 2 is 1.95 bits per heavy atom. The lowest BCUT2D eigenvalue weighted by Crippen LogP contribution is -2.48. The smallest absolute Gasteiger partial charge is 0.243 e. The number of nitrogens with zero attached hydrogens (tertiary/aromatic N) is 1. The number of morpholine rings is 1. The van der Waals surface area contributed by atoms with Crippen molar-refractivity contribution in [3.05, 3.63) is 29.8 Å². The van der Waals surface area contributed by atoms with Crippen molar-refractivity contribution >= 4 is 10.0 Å². The van der Waals surface area contributed by atoms with Crippen LogP contribution in [0.4, 0.5) is 8.78 Å². The molecule has 1 aliphatic rings. The maximum atomic E-state index is 13.1. The first-order chi connectivity index (χ1) is 8.93. The molecule has 5 nitrogen and oxygen atoms in total. The zero-order valence-electron chi connectivity index (χ0n) is 10.1. The van der Waals surface area contributed by atoms with Gasteiger partial charge in [0.15, 0.2) is 0 Å². The van der Waals surface area contributed by atoms with Crippen molar-refractivity contribution in [1.29, 1.82) is 0 Å². The number of rotatable bonds is 3. The van der Waals surface area contributed by atoms with E-state index in [1.54, 1.807) is 0 Å². The van der Waals surface area contributed by atoms with E-state index in [1.165, 1.54) is 0 Å². The Hall–Kier alpha value is -1.09. The first-order valence-electron chi connectivity index (χ1n) is 5.71. The summed E-state index contributed by atoms with van der Waals surface area (Å²) in [7, 11) is -3.93. The Labute approximate surface area is 110 Å². The molecule has 1 saturated heterocycles. The van der Waals surface area contributed by atoms with Gasteiger partial charge in [-0.2, -0.15) is 4.31 Å². The van der Waals surface area contributed by atoms with Crippen LogP contribution in [0.5, 0.6) is 0 Å². The zero-order chi connectivity index (χ0) is 14.0. The molecule has 1 unspecified atom stereocenters. The summed E-state index contributed by atoms with van der Waals surface area (Å²) in [6.45, 7) is 0.607. The van der Waals surface area contributed by atoms with E-state index in [2.05, 4.69) is 0 Å². The minimum Gasteiger partial charge on any atom is -0.374 e. The lowest BCUT2D eigenvalue weighted by atomic mass is 10.3. The van der Waals surface area contributed by atoms with Crippen LogP contribution < -0.4 is 5.73 Å². The Morgan fingerprint density at radius 1 is 1.32 bits per heavy atom. The topological polar surface area (TPSA) is 72.6 Å². The summed E-state index contributed by atoms with van der Waals surface area (Å²) < 4.78 is 57.1. The lowest BCUT2D eigenvalue weighted by Gasteiger charge is -2.31. The molecular weight excluding hydrogens is 278 g/mol. The van der Waals surface area contributed by atoms with E-state index in [0.717, 1.165) is 16.4 Å². The summed E-state index contributed by atoms with van der Waals surface area (Å²) in [6, 6.07) is 2.22. The third-order valence-corrected chi connectivity index (χ3v) is 4.68. The molecule has 1 aromatic rings. The Kier molecular flexibility index (Phi) is 4.14. The van der Waals surface area contributed by atoms with Crippen LogP contribution in [0.3, 0.4) is 0 Å². The standard InChI is InChI=1S/C11H14F2N2O3S/c12-8-3-9(13)5-11(4-8)19(16,17)15-1-2-18-10(6-14)7-15/h3-5,10H,1-2,6-7,14H2. The highest BCUT2D eigenvalue weighted by molar-refractivity contribution is 7.89. The van der Waals surface area contributed by atoms with Crippen molar-refractivity contribution < 1.29 is 21.9 Å². The molecule has 0 aromatic heterocycles. The first-order valence-corrected chi connectivity index (χ1v) is 7.15. The van der Waals surface area contributed by atoms with Crippen molar-refractivity contribution in [1.82, 2.24) is 4.31 Å². The molecular formula is C11H14F2N2O3S. The fraction of sp³-hybridized carbons (Fsp3) is 0.455. The fourth-order valence-corrected chi connectivity index (χ4v) is 3.38. The van der Waals surface area contributed by atoms with Crippen LogP contribution >= 0.6 is 0 Å². The first kappa shape index (κ1) is 14.3. The van der Waals surface area contributed by atoms with Crippen molar-refractivity contribution in [2.75, 3.05) is 26.2 Å². The molecule has 1 heterocycles. The molecule has 19 heavy (non-hydrogen) atoms. The minimum atomic E-state index is -3.93. The molecule has 0 bridgehead atoms. The van der Waals surface area contributed by atoms with Gasteiger partial charge in [-0.25, -0.2) is 17.2 Å². The quantitative estimate of drug-likeness (QED) is 0.870.